The average molecular weight is 315 g/mol. The van der Waals surface area contributed by atoms with E-state index in [-0.39, 0.29) is 17.4 Å². The quantitative estimate of drug-likeness (QED) is 0.662. The fraction of sp³-hybridized carbons (Fsp3) is 0.562. The van der Waals surface area contributed by atoms with Crippen molar-refractivity contribution in [3.8, 4) is 0 Å². The highest BCUT2D eigenvalue weighted by atomic mass is 19.2. The Morgan fingerprint density at radius 1 is 1.14 bits per heavy atom. The molecule has 6 heteroatoms. The molecule has 0 bridgehead atoms. The smallest absolute Gasteiger partial charge is 0.223 e. The summed E-state index contributed by atoms with van der Waals surface area (Å²) in [4.78, 5) is 12.2. The van der Waals surface area contributed by atoms with Crippen molar-refractivity contribution < 1.29 is 23.1 Å². The topological polar surface area (TPSA) is 49.3 Å². The molecule has 0 aliphatic heterocycles. The van der Waals surface area contributed by atoms with Gasteiger partial charge in [0.25, 0.3) is 0 Å². The first kappa shape index (κ1) is 16.8. The van der Waals surface area contributed by atoms with E-state index < -0.39 is 30.1 Å². The fourth-order valence-electron chi connectivity index (χ4n) is 2.84. The summed E-state index contributed by atoms with van der Waals surface area (Å²) >= 11 is 0. The molecule has 0 spiro atoms. The van der Waals surface area contributed by atoms with Crippen molar-refractivity contribution in [1.82, 2.24) is 5.32 Å². The maximum absolute atomic E-state index is 13.3. The molecule has 3 nitrogen and oxygen atoms in total. The summed E-state index contributed by atoms with van der Waals surface area (Å²) in [7, 11) is 0. The third-order valence-electron chi connectivity index (χ3n) is 4.13. The molecule has 1 amide bonds. The van der Waals surface area contributed by atoms with Crippen molar-refractivity contribution in [2.75, 3.05) is 6.61 Å². The van der Waals surface area contributed by atoms with E-state index in [1.807, 2.05) is 0 Å². The minimum Gasteiger partial charge on any atom is -0.394 e. The number of aliphatic hydroxyl groups excluding tert-OH is 1. The van der Waals surface area contributed by atoms with E-state index >= 15 is 0 Å². The average Bonchev–Trinajstić information content (AvgIpc) is 2.78. The zero-order valence-electron chi connectivity index (χ0n) is 12.2. The fourth-order valence-corrected chi connectivity index (χ4v) is 2.84. The lowest BCUT2D eigenvalue weighted by molar-refractivity contribution is -0.126. The SMILES string of the molecule is O=C(NC(CO)c1cc(F)c(F)c(F)c1)C1CCCCCC1. The van der Waals surface area contributed by atoms with Gasteiger partial charge in [0, 0.05) is 5.92 Å². The Bertz CT molecular complexity index is 505. The number of aliphatic hydroxyl groups is 1. The lowest BCUT2D eigenvalue weighted by atomic mass is 9.98. The molecule has 1 aromatic rings. The highest BCUT2D eigenvalue weighted by molar-refractivity contribution is 5.79. The Balaban J connectivity index is 2.09. The van der Waals surface area contributed by atoms with Gasteiger partial charge in [-0.3, -0.25) is 4.79 Å². The van der Waals surface area contributed by atoms with Crippen LogP contribution in [0.25, 0.3) is 0 Å². The third kappa shape index (κ3) is 4.00. The predicted molar refractivity (Wildman–Crippen MR) is 75.5 cm³/mol. The van der Waals surface area contributed by atoms with Crippen LogP contribution < -0.4 is 5.32 Å². The number of carbonyl (C=O) groups excluding carboxylic acids is 1. The lowest BCUT2D eigenvalue weighted by Gasteiger charge is -2.21. The minimum absolute atomic E-state index is 0.0147. The maximum Gasteiger partial charge on any atom is 0.223 e. The van der Waals surface area contributed by atoms with Gasteiger partial charge in [0.15, 0.2) is 17.5 Å². The number of nitrogens with one attached hydrogen (secondary N) is 1. The maximum atomic E-state index is 13.3. The van der Waals surface area contributed by atoms with Gasteiger partial charge >= 0.3 is 0 Å². The lowest BCUT2D eigenvalue weighted by Crippen LogP contribution is -2.35. The summed E-state index contributed by atoms with van der Waals surface area (Å²) in [6.45, 7) is -0.511. The van der Waals surface area contributed by atoms with Crippen LogP contribution in [0.5, 0.6) is 0 Å². The van der Waals surface area contributed by atoms with Crippen LogP contribution in [0.2, 0.25) is 0 Å². The number of hydrogen-bond donors (Lipinski definition) is 2. The Morgan fingerprint density at radius 3 is 2.18 bits per heavy atom. The summed E-state index contributed by atoms with van der Waals surface area (Å²) in [5.74, 6) is -4.61. The van der Waals surface area contributed by atoms with E-state index in [0.717, 1.165) is 50.7 Å². The van der Waals surface area contributed by atoms with Crippen LogP contribution in [0.15, 0.2) is 12.1 Å². The molecule has 0 saturated heterocycles. The number of rotatable bonds is 4. The van der Waals surface area contributed by atoms with Crippen LogP contribution in [0.4, 0.5) is 13.2 Å². The van der Waals surface area contributed by atoms with Gasteiger partial charge < -0.3 is 10.4 Å². The van der Waals surface area contributed by atoms with Crippen LogP contribution in [-0.2, 0) is 4.79 Å². The normalized spacial score (nSPS) is 17.8. The summed E-state index contributed by atoms with van der Waals surface area (Å²) < 4.78 is 39.5. The molecule has 1 atom stereocenters. The van der Waals surface area contributed by atoms with Gasteiger partial charge in [0.2, 0.25) is 5.91 Å². The molecule has 0 radical (unpaired) electrons. The molecule has 0 aromatic heterocycles. The van der Waals surface area contributed by atoms with Crippen molar-refractivity contribution >= 4 is 5.91 Å². The van der Waals surface area contributed by atoms with Crippen LogP contribution in [0.3, 0.4) is 0 Å². The van der Waals surface area contributed by atoms with Gasteiger partial charge in [-0.1, -0.05) is 25.7 Å². The van der Waals surface area contributed by atoms with E-state index in [4.69, 9.17) is 0 Å². The van der Waals surface area contributed by atoms with Gasteiger partial charge in [0.05, 0.1) is 12.6 Å². The minimum atomic E-state index is -1.56. The molecule has 1 unspecified atom stereocenters. The molecular formula is C16H20F3NO2. The van der Waals surface area contributed by atoms with E-state index in [2.05, 4.69) is 5.32 Å². The van der Waals surface area contributed by atoms with Crippen LogP contribution in [0, 0.1) is 23.4 Å². The summed E-state index contributed by atoms with van der Waals surface area (Å²) in [6, 6.07) is 0.652. The van der Waals surface area contributed by atoms with Crippen molar-refractivity contribution in [3.63, 3.8) is 0 Å². The Hall–Kier alpha value is -1.56. The molecule has 1 aliphatic carbocycles. The first-order chi connectivity index (χ1) is 10.5. The predicted octanol–water partition coefficient (Wildman–Crippen LogP) is 3.22. The van der Waals surface area contributed by atoms with E-state index in [1.165, 1.54) is 0 Å². The second-order valence-electron chi connectivity index (χ2n) is 5.73. The van der Waals surface area contributed by atoms with Crippen molar-refractivity contribution in [2.45, 2.75) is 44.6 Å². The standard InChI is InChI=1S/C16H20F3NO2/c17-12-7-11(8-13(18)15(12)19)14(9-21)20-16(22)10-5-3-1-2-4-6-10/h7-8,10,14,21H,1-6,9H2,(H,20,22). The molecule has 1 saturated carbocycles. The van der Waals surface area contributed by atoms with Crippen LogP contribution >= 0.6 is 0 Å². The van der Waals surface area contributed by atoms with Crippen LogP contribution in [0.1, 0.15) is 50.1 Å². The van der Waals surface area contributed by atoms with Gasteiger partial charge in [-0.2, -0.15) is 0 Å². The highest BCUT2D eigenvalue weighted by Crippen LogP contribution is 2.25. The summed E-state index contributed by atoms with van der Waals surface area (Å²) in [5.41, 5.74) is 0.0147. The number of amides is 1. The third-order valence-corrected chi connectivity index (χ3v) is 4.13. The van der Waals surface area contributed by atoms with E-state index in [0.29, 0.717) is 0 Å². The summed E-state index contributed by atoms with van der Waals surface area (Å²) in [5, 5.41) is 12.0. The molecule has 2 rings (SSSR count). The number of hydrogen-bond acceptors (Lipinski definition) is 2. The van der Waals surface area contributed by atoms with Crippen molar-refractivity contribution in [1.29, 1.82) is 0 Å². The second-order valence-corrected chi connectivity index (χ2v) is 5.73. The van der Waals surface area contributed by atoms with Crippen molar-refractivity contribution in [2.24, 2.45) is 5.92 Å². The molecule has 2 N–H and O–H groups in total. The number of carbonyl (C=O) groups is 1. The Kier molecular flexibility index (Phi) is 5.83. The first-order valence-corrected chi connectivity index (χ1v) is 7.58. The molecule has 1 fully saturated rings. The summed E-state index contributed by atoms with van der Waals surface area (Å²) in [6.07, 6.45) is 5.69. The zero-order valence-corrected chi connectivity index (χ0v) is 12.2. The van der Waals surface area contributed by atoms with Gasteiger partial charge in [-0.25, -0.2) is 13.2 Å². The largest absolute Gasteiger partial charge is 0.394 e. The van der Waals surface area contributed by atoms with Crippen molar-refractivity contribution in [3.05, 3.63) is 35.1 Å². The molecule has 0 heterocycles. The number of halogens is 3. The molecule has 122 valence electrons. The molecule has 1 aromatic carbocycles. The van der Waals surface area contributed by atoms with Gasteiger partial charge in [-0.15, -0.1) is 0 Å². The number of benzene rings is 1. The van der Waals surface area contributed by atoms with Crippen LogP contribution in [-0.4, -0.2) is 17.6 Å². The van der Waals surface area contributed by atoms with E-state index in [9.17, 15) is 23.1 Å². The van der Waals surface area contributed by atoms with Gasteiger partial charge in [-0.05, 0) is 30.5 Å². The zero-order chi connectivity index (χ0) is 16.1. The van der Waals surface area contributed by atoms with Gasteiger partial charge in [0.1, 0.15) is 0 Å². The Morgan fingerprint density at radius 2 is 1.68 bits per heavy atom. The first-order valence-electron chi connectivity index (χ1n) is 7.58. The monoisotopic (exact) mass is 315 g/mol. The Labute approximate surface area is 127 Å². The highest BCUT2D eigenvalue weighted by Gasteiger charge is 2.24. The molecule has 22 heavy (non-hydrogen) atoms. The van der Waals surface area contributed by atoms with E-state index in [1.54, 1.807) is 0 Å². The molecule has 1 aliphatic rings. The second kappa shape index (κ2) is 7.63. The molecular weight excluding hydrogens is 295 g/mol.